The topological polar surface area (TPSA) is 72.4 Å². The average Bonchev–Trinajstić information content (AvgIpc) is 2.79. The summed E-state index contributed by atoms with van der Waals surface area (Å²) in [4.78, 5) is 12.6. The van der Waals surface area contributed by atoms with E-state index in [1.165, 1.54) is 0 Å². The minimum atomic E-state index is -0.446. The molecule has 18 heavy (non-hydrogen) atoms. The number of benzene rings is 1. The third kappa shape index (κ3) is 2.98. The summed E-state index contributed by atoms with van der Waals surface area (Å²) in [5, 5.41) is 11.0. The van der Waals surface area contributed by atoms with Crippen LogP contribution in [0.2, 0.25) is 5.02 Å². The SMILES string of the molecule is NCC1CCN(Cc2ccc(Cl)c([N+](=O)[O-])c2)C1. The van der Waals surface area contributed by atoms with Crippen LogP contribution in [0.3, 0.4) is 0 Å². The molecule has 0 amide bonds. The standard InChI is InChI=1S/C12H16ClN3O2/c13-11-2-1-9(5-12(11)16(17)18)7-15-4-3-10(6-14)8-15/h1-2,5,10H,3-4,6-8,14H2. The Bertz CT molecular complexity index is 453. The molecule has 0 aromatic heterocycles. The lowest BCUT2D eigenvalue weighted by molar-refractivity contribution is -0.384. The maximum Gasteiger partial charge on any atom is 0.288 e. The highest BCUT2D eigenvalue weighted by molar-refractivity contribution is 6.32. The molecule has 0 saturated carbocycles. The summed E-state index contributed by atoms with van der Waals surface area (Å²) in [6, 6.07) is 4.98. The Hall–Kier alpha value is -1.17. The summed E-state index contributed by atoms with van der Waals surface area (Å²) in [5.74, 6) is 0.548. The summed E-state index contributed by atoms with van der Waals surface area (Å²) < 4.78 is 0. The van der Waals surface area contributed by atoms with Crippen molar-refractivity contribution in [2.45, 2.75) is 13.0 Å². The van der Waals surface area contributed by atoms with Crippen molar-refractivity contribution >= 4 is 17.3 Å². The molecule has 6 heteroatoms. The summed E-state index contributed by atoms with van der Waals surface area (Å²) in [6.45, 7) is 3.39. The number of nitro groups is 1. The van der Waals surface area contributed by atoms with E-state index in [1.807, 2.05) is 6.07 Å². The molecule has 2 rings (SSSR count). The van der Waals surface area contributed by atoms with Gasteiger partial charge in [0.05, 0.1) is 4.92 Å². The van der Waals surface area contributed by atoms with Gasteiger partial charge < -0.3 is 5.73 Å². The number of nitrogens with zero attached hydrogens (tertiary/aromatic N) is 2. The van der Waals surface area contributed by atoms with Crippen LogP contribution in [0, 0.1) is 16.0 Å². The number of likely N-dealkylation sites (tertiary alicyclic amines) is 1. The Morgan fingerprint density at radius 1 is 1.56 bits per heavy atom. The number of hydrogen-bond acceptors (Lipinski definition) is 4. The van der Waals surface area contributed by atoms with Gasteiger partial charge in [-0.15, -0.1) is 0 Å². The highest BCUT2D eigenvalue weighted by Crippen LogP contribution is 2.26. The third-order valence-electron chi connectivity index (χ3n) is 3.32. The molecule has 5 nitrogen and oxygen atoms in total. The Labute approximate surface area is 111 Å². The van der Waals surface area contributed by atoms with E-state index in [0.29, 0.717) is 19.0 Å². The lowest BCUT2D eigenvalue weighted by atomic mass is 10.1. The lowest BCUT2D eigenvalue weighted by Gasteiger charge is -2.15. The van der Waals surface area contributed by atoms with Crippen LogP contribution in [-0.2, 0) is 6.54 Å². The molecule has 1 unspecified atom stereocenters. The van der Waals surface area contributed by atoms with E-state index < -0.39 is 4.92 Å². The largest absolute Gasteiger partial charge is 0.330 e. The van der Waals surface area contributed by atoms with Crippen molar-refractivity contribution in [1.29, 1.82) is 0 Å². The van der Waals surface area contributed by atoms with Crippen LogP contribution in [-0.4, -0.2) is 29.5 Å². The Morgan fingerprint density at radius 2 is 2.33 bits per heavy atom. The first kappa shape index (κ1) is 13.3. The zero-order valence-corrected chi connectivity index (χ0v) is 10.8. The quantitative estimate of drug-likeness (QED) is 0.670. The number of nitrogens with two attached hydrogens (primary N) is 1. The fraction of sp³-hybridized carbons (Fsp3) is 0.500. The van der Waals surface area contributed by atoms with Gasteiger partial charge in [0.25, 0.3) is 5.69 Å². The first-order valence-electron chi connectivity index (χ1n) is 5.95. The molecule has 2 N–H and O–H groups in total. The highest BCUT2D eigenvalue weighted by Gasteiger charge is 2.22. The first-order valence-corrected chi connectivity index (χ1v) is 6.33. The second kappa shape index (κ2) is 5.65. The molecule has 1 aliphatic heterocycles. The highest BCUT2D eigenvalue weighted by atomic mass is 35.5. The molecule has 0 bridgehead atoms. The van der Waals surface area contributed by atoms with Crippen LogP contribution in [0.4, 0.5) is 5.69 Å². The van der Waals surface area contributed by atoms with Crippen LogP contribution in [0.25, 0.3) is 0 Å². The summed E-state index contributed by atoms with van der Waals surface area (Å²) in [5.41, 5.74) is 6.54. The first-order chi connectivity index (χ1) is 8.60. The van der Waals surface area contributed by atoms with Gasteiger partial charge in [-0.05, 0) is 37.1 Å². The summed E-state index contributed by atoms with van der Waals surface area (Å²) >= 11 is 5.78. The van der Waals surface area contributed by atoms with E-state index in [4.69, 9.17) is 17.3 Å². The molecule has 1 saturated heterocycles. The van der Waals surface area contributed by atoms with Crippen LogP contribution >= 0.6 is 11.6 Å². The summed E-state index contributed by atoms with van der Waals surface area (Å²) in [6.07, 6.45) is 1.10. The molecule has 0 radical (unpaired) electrons. The van der Waals surface area contributed by atoms with Gasteiger partial charge in [0, 0.05) is 19.2 Å². The Balaban J connectivity index is 2.06. The molecule has 98 valence electrons. The molecular formula is C12H16ClN3O2. The monoisotopic (exact) mass is 269 g/mol. The van der Waals surface area contributed by atoms with Gasteiger partial charge in [0.1, 0.15) is 5.02 Å². The zero-order chi connectivity index (χ0) is 13.1. The molecule has 1 heterocycles. The Kier molecular flexibility index (Phi) is 4.16. The van der Waals surface area contributed by atoms with Gasteiger partial charge in [-0.3, -0.25) is 15.0 Å². The lowest BCUT2D eigenvalue weighted by Crippen LogP contribution is -2.22. The molecule has 1 aromatic rings. The second-order valence-corrected chi connectivity index (χ2v) is 5.08. The van der Waals surface area contributed by atoms with Gasteiger partial charge in [-0.25, -0.2) is 0 Å². The molecular weight excluding hydrogens is 254 g/mol. The molecule has 0 spiro atoms. The average molecular weight is 270 g/mol. The molecule has 1 atom stereocenters. The van der Waals surface area contributed by atoms with E-state index in [0.717, 1.165) is 25.1 Å². The van der Waals surface area contributed by atoms with E-state index in [2.05, 4.69) is 4.90 Å². The number of hydrogen-bond donors (Lipinski definition) is 1. The number of rotatable bonds is 4. The minimum absolute atomic E-state index is 0.0243. The molecule has 1 aromatic carbocycles. The maximum absolute atomic E-state index is 10.8. The van der Waals surface area contributed by atoms with Crippen molar-refractivity contribution in [2.24, 2.45) is 11.7 Å². The predicted octanol–water partition coefficient (Wildman–Crippen LogP) is 2.03. The van der Waals surface area contributed by atoms with Crippen LogP contribution in [0.1, 0.15) is 12.0 Å². The second-order valence-electron chi connectivity index (χ2n) is 4.67. The van der Waals surface area contributed by atoms with Crippen molar-refractivity contribution in [3.05, 3.63) is 38.9 Å². The van der Waals surface area contributed by atoms with Crippen LogP contribution in [0.5, 0.6) is 0 Å². The van der Waals surface area contributed by atoms with Crippen molar-refractivity contribution < 1.29 is 4.92 Å². The van der Waals surface area contributed by atoms with E-state index in [-0.39, 0.29) is 10.7 Å². The van der Waals surface area contributed by atoms with E-state index in [1.54, 1.807) is 12.1 Å². The van der Waals surface area contributed by atoms with Crippen molar-refractivity contribution in [2.75, 3.05) is 19.6 Å². The summed E-state index contributed by atoms with van der Waals surface area (Å²) in [7, 11) is 0. The normalized spacial score (nSPS) is 20.2. The molecule has 1 aliphatic rings. The van der Waals surface area contributed by atoms with Crippen molar-refractivity contribution in [3.63, 3.8) is 0 Å². The number of halogens is 1. The van der Waals surface area contributed by atoms with E-state index in [9.17, 15) is 10.1 Å². The predicted molar refractivity (Wildman–Crippen MR) is 70.5 cm³/mol. The van der Waals surface area contributed by atoms with Gasteiger partial charge in [0.2, 0.25) is 0 Å². The van der Waals surface area contributed by atoms with Crippen molar-refractivity contribution in [3.8, 4) is 0 Å². The maximum atomic E-state index is 10.8. The zero-order valence-electron chi connectivity index (χ0n) is 10.0. The van der Waals surface area contributed by atoms with Gasteiger partial charge in [-0.1, -0.05) is 17.7 Å². The number of nitro benzene ring substituents is 1. The van der Waals surface area contributed by atoms with Crippen molar-refractivity contribution in [1.82, 2.24) is 4.90 Å². The van der Waals surface area contributed by atoms with E-state index >= 15 is 0 Å². The fourth-order valence-corrected chi connectivity index (χ4v) is 2.49. The Morgan fingerprint density at radius 3 is 2.94 bits per heavy atom. The third-order valence-corrected chi connectivity index (χ3v) is 3.64. The van der Waals surface area contributed by atoms with Crippen LogP contribution < -0.4 is 5.73 Å². The van der Waals surface area contributed by atoms with Gasteiger partial charge >= 0.3 is 0 Å². The smallest absolute Gasteiger partial charge is 0.288 e. The van der Waals surface area contributed by atoms with Gasteiger partial charge in [0.15, 0.2) is 0 Å². The molecule has 1 fully saturated rings. The molecule has 0 aliphatic carbocycles. The fourth-order valence-electron chi connectivity index (χ4n) is 2.30. The minimum Gasteiger partial charge on any atom is -0.330 e. The van der Waals surface area contributed by atoms with Gasteiger partial charge in [-0.2, -0.15) is 0 Å². The van der Waals surface area contributed by atoms with Crippen LogP contribution in [0.15, 0.2) is 18.2 Å².